The number of ether oxygens (including phenoxy) is 1. The van der Waals surface area contributed by atoms with Crippen LogP contribution in [0.4, 0.5) is 14.5 Å². The topological polar surface area (TPSA) is 69.0 Å². The van der Waals surface area contributed by atoms with Crippen molar-refractivity contribution in [2.24, 2.45) is 0 Å². The molecule has 142 valence electrons. The summed E-state index contributed by atoms with van der Waals surface area (Å²) in [4.78, 5) is 21.5. The molecule has 0 unspecified atom stereocenters. The maximum Gasteiger partial charge on any atom is 0.387 e. The van der Waals surface area contributed by atoms with Gasteiger partial charge in [0.25, 0.3) is 0 Å². The minimum atomic E-state index is -2.89. The number of aromatic nitrogens is 3. The Hall–Kier alpha value is -3.33. The van der Waals surface area contributed by atoms with Crippen molar-refractivity contribution < 1.29 is 18.3 Å². The van der Waals surface area contributed by atoms with Crippen molar-refractivity contribution >= 4 is 34.0 Å². The number of para-hydroxylation sites is 2. The first-order chi connectivity index (χ1) is 13.6. The smallest absolute Gasteiger partial charge is 0.387 e. The summed E-state index contributed by atoms with van der Waals surface area (Å²) < 4.78 is 30.5. The predicted octanol–water partition coefficient (Wildman–Crippen LogP) is 4.40. The number of hydrogen-bond donors (Lipinski definition) is 1. The lowest BCUT2D eigenvalue weighted by atomic mass is 10.3. The van der Waals surface area contributed by atoms with Gasteiger partial charge in [0.15, 0.2) is 5.82 Å². The van der Waals surface area contributed by atoms with Crippen LogP contribution >= 0.6 is 11.3 Å². The molecule has 28 heavy (non-hydrogen) atoms. The van der Waals surface area contributed by atoms with E-state index < -0.39 is 6.61 Å². The Bertz CT molecular complexity index is 1100. The Kier molecular flexibility index (Phi) is 4.98. The molecule has 9 heteroatoms. The fraction of sp³-hybridized carbons (Fsp3) is 0.105. The van der Waals surface area contributed by atoms with Crippen molar-refractivity contribution in [1.82, 2.24) is 14.5 Å². The molecule has 4 rings (SSSR count). The van der Waals surface area contributed by atoms with E-state index in [1.807, 2.05) is 29.6 Å². The number of thiazole rings is 1. The Morgan fingerprint density at radius 1 is 1.18 bits per heavy atom. The molecule has 1 N–H and O–H groups in total. The van der Waals surface area contributed by atoms with Crippen LogP contribution in [0.1, 0.15) is 0 Å². The van der Waals surface area contributed by atoms with Gasteiger partial charge < -0.3 is 14.6 Å². The summed E-state index contributed by atoms with van der Waals surface area (Å²) in [5.41, 5.74) is 4.48. The number of halogens is 2. The molecule has 0 saturated carbocycles. The minimum absolute atomic E-state index is 0.0272. The van der Waals surface area contributed by atoms with Gasteiger partial charge in [-0.25, -0.2) is 9.97 Å². The first-order valence-electron chi connectivity index (χ1n) is 8.29. The number of carbonyl (C=O) groups is 1. The summed E-state index contributed by atoms with van der Waals surface area (Å²) in [6.45, 7) is -2.86. The number of alkyl halides is 2. The third kappa shape index (κ3) is 3.84. The number of rotatable bonds is 6. The molecule has 2 aromatic carbocycles. The van der Waals surface area contributed by atoms with Crippen molar-refractivity contribution in [3.8, 4) is 17.3 Å². The summed E-state index contributed by atoms with van der Waals surface area (Å²) >= 11 is 1.45. The third-order valence-corrected chi connectivity index (χ3v) is 4.57. The minimum Gasteiger partial charge on any atom is -0.435 e. The summed E-state index contributed by atoms with van der Waals surface area (Å²) in [5.74, 6) is 0.361. The monoisotopic (exact) mass is 400 g/mol. The quantitative estimate of drug-likeness (QED) is 0.521. The van der Waals surface area contributed by atoms with Crippen LogP contribution in [0.25, 0.3) is 22.6 Å². The Morgan fingerprint density at radius 2 is 1.96 bits per heavy atom. The van der Waals surface area contributed by atoms with E-state index in [9.17, 15) is 13.6 Å². The zero-order valence-corrected chi connectivity index (χ0v) is 15.2. The van der Waals surface area contributed by atoms with Crippen LogP contribution in [0, 0.1) is 0 Å². The number of hydrogen-bond acceptors (Lipinski definition) is 5. The van der Waals surface area contributed by atoms with Gasteiger partial charge in [0.2, 0.25) is 5.91 Å². The molecular weight excluding hydrogens is 386 g/mol. The van der Waals surface area contributed by atoms with E-state index in [1.54, 1.807) is 10.1 Å². The molecule has 0 radical (unpaired) electrons. The van der Waals surface area contributed by atoms with Gasteiger partial charge in [-0.3, -0.25) is 4.79 Å². The van der Waals surface area contributed by atoms with Crippen LogP contribution in [-0.4, -0.2) is 27.1 Å². The van der Waals surface area contributed by atoms with Gasteiger partial charge in [-0.05, 0) is 36.4 Å². The lowest BCUT2D eigenvalue weighted by Gasteiger charge is -2.10. The van der Waals surface area contributed by atoms with Crippen molar-refractivity contribution in [3.05, 3.63) is 59.4 Å². The lowest BCUT2D eigenvalue weighted by Crippen LogP contribution is -2.19. The number of anilines is 1. The zero-order chi connectivity index (χ0) is 19.5. The van der Waals surface area contributed by atoms with E-state index in [1.165, 1.54) is 35.6 Å². The van der Waals surface area contributed by atoms with Gasteiger partial charge in [-0.15, -0.1) is 11.3 Å². The molecule has 1 amide bonds. The molecule has 4 aromatic rings. The van der Waals surface area contributed by atoms with Crippen molar-refractivity contribution in [2.75, 3.05) is 5.32 Å². The van der Waals surface area contributed by atoms with E-state index in [0.717, 1.165) is 11.0 Å². The fourth-order valence-electron chi connectivity index (χ4n) is 2.82. The van der Waals surface area contributed by atoms with E-state index in [0.29, 0.717) is 17.2 Å². The highest BCUT2D eigenvalue weighted by Crippen LogP contribution is 2.25. The number of imidazole rings is 1. The van der Waals surface area contributed by atoms with Gasteiger partial charge >= 0.3 is 6.61 Å². The largest absolute Gasteiger partial charge is 0.435 e. The van der Waals surface area contributed by atoms with Gasteiger partial charge in [-0.1, -0.05) is 12.1 Å². The highest BCUT2D eigenvalue weighted by molar-refractivity contribution is 7.07. The zero-order valence-electron chi connectivity index (χ0n) is 14.4. The first kappa shape index (κ1) is 18.1. The average molecular weight is 400 g/mol. The van der Waals surface area contributed by atoms with Crippen LogP contribution in [0.15, 0.2) is 59.4 Å². The van der Waals surface area contributed by atoms with E-state index in [4.69, 9.17) is 0 Å². The second-order valence-corrected chi connectivity index (χ2v) is 6.55. The lowest BCUT2D eigenvalue weighted by molar-refractivity contribution is -0.116. The predicted molar refractivity (Wildman–Crippen MR) is 103 cm³/mol. The molecule has 0 saturated heterocycles. The molecule has 0 aliphatic rings. The van der Waals surface area contributed by atoms with Gasteiger partial charge in [0, 0.05) is 11.1 Å². The van der Waals surface area contributed by atoms with Gasteiger partial charge in [0.1, 0.15) is 18.0 Å². The molecule has 0 bridgehead atoms. The van der Waals surface area contributed by atoms with Crippen LogP contribution in [0.2, 0.25) is 0 Å². The van der Waals surface area contributed by atoms with Gasteiger partial charge in [0.05, 0.1) is 16.5 Å². The van der Waals surface area contributed by atoms with Crippen LogP contribution in [0.5, 0.6) is 5.75 Å². The summed E-state index contributed by atoms with van der Waals surface area (Å²) in [6, 6.07) is 13.3. The van der Waals surface area contributed by atoms with Crippen LogP contribution in [-0.2, 0) is 11.3 Å². The SMILES string of the molecule is O=C(Cn1c(-c2cscn2)nc2ccccc21)Nc1ccc(OC(F)F)cc1. The van der Waals surface area contributed by atoms with Crippen LogP contribution in [0.3, 0.4) is 0 Å². The summed E-state index contributed by atoms with van der Waals surface area (Å²) in [6.07, 6.45) is 0. The molecule has 2 aromatic heterocycles. The van der Waals surface area contributed by atoms with Crippen molar-refractivity contribution in [2.45, 2.75) is 13.2 Å². The summed E-state index contributed by atoms with van der Waals surface area (Å²) in [5, 5.41) is 4.62. The molecule has 0 atom stereocenters. The maximum absolute atomic E-state index is 12.6. The number of fused-ring (bicyclic) bond motifs is 1. The molecule has 0 aliphatic carbocycles. The number of nitrogens with one attached hydrogen (secondary N) is 1. The number of amides is 1. The normalized spacial score (nSPS) is 11.1. The Labute approximate surface area is 162 Å². The second kappa shape index (κ2) is 7.73. The van der Waals surface area contributed by atoms with E-state index in [2.05, 4.69) is 20.0 Å². The number of carbonyl (C=O) groups excluding carboxylic acids is 1. The first-order valence-corrected chi connectivity index (χ1v) is 9.23. The standard InChI is InChI=1S/C19H14F2N4O2S/c20-19(21)27-13-7-5-12(6-8-13)23-17(26)9-25-16-4-2-1-3-14(16)24-18(25)15-10-28-11-22-15/h1-8,10-11,19H,9H2,(H,23,26). The highest BCUT2D eigenvalue weighted by atomic mass is 32.1. The molecule has 0 spiro atoms. The average Bonchev–Trinajstić information content (AvgIpc) is 3.31. The van der Waals surface area contributed by atoms with E-state index >= 15 is 0 Å². The second-order valence-electron chi connectivity index (χ2n) is 5.84. The number of benzene rings is 2. The van der Waals surface area contributed by atoms with Crippen LogP contribution < -0.4 is 10.1 Å². The molecule has 0 aliphatic heterocycles. The van der Waals surface area contributed by atoms with E-state index in [-0.39, 0.29) is 18.2 Å². The van der Waals surface area contributed by atoms with Crippen molar-refractivity contribution in [1.29, 1.82) is 0 Å². The molecule has 0 fully saturated rings. The van der Waals surface area contributed by atoms with Gasteiger partial charge in [-0.2, -0.15) is 8.78 Å². The maximum atomic E-state index is 12.6. The highest BCUT2D eigenvalue weighted by Gasteiger charge is 2.16. The Morgan fingerprint density at radius 3 is 2.68 bits per heavy atom. The molecule has 6 nitrogen and oxygen atoms in total. The van der Waals surface area contributed by atoms with Crippen molar-refractivity contribution in [3.63, 3.8) is 0 Å². The fourth-order valence-corrected chi connectivity index (χ4v) is 3.35. The number of nitrogens with zero attached hydrogens (tertiary/aromatic N) is 3. The molecular formula is C19H14F2N4O2S. The Balaban J connectivity index is 1.56. The summed E-state index contributed by atoms with van der Waals surface area (Å²) in [7, 11) is 0. The molecule has 2 heterocycles. The third-order valence-electron chi connectivity index (χ3n) is 3.98.